The molecule has 0 aliphatic heterocycles. The van der Waals surface area contributed by atoms with Crippen LogP contribution in [0, 0.1) is 19.8 Å². The summed E-state index contributed by atoms with van der Waals surface area (Å²) in [5.74, 6) is 1.73. The van der Waals surface area contributed by atoms with E-state index in [1.807, 2.05) is 6.92 Å². The highest BCUT2D eigenvalue weighted by molar-refractivity contribution is 5.51. The first kappa shape index (κ1) is 15.0. The van der Waals surface area contributed by atoms with Gasteiger partial charge in [0.2, 0.25) is 0 Å². The lowest BCUT2D eigenvalue weighted by Crippen LogP contribution is -2.32. The minimum Gasteiger partial charge on any atom is -0.357 e. The highest BCUT2D eigenvalue weighted by Crippen LogP contribution is 2.24. The van der Waals surface area contributed by atoms with Crippen molar-refractivity contribution >= 4 is 5.82 Å². The van der Waals surface area contributed by atoms with E-state index in [4.69, 9.17) is 5.73 Å². The molecule has 102 valence electrons. The van der Waals surface area contributed by atoms with Gasteiger partial charge in [0, 0.05) is 30.9 Å². The van der Waals surface area contributed by atoms with E-state index in [9.17, 15) is 0 Å². The molecule has 3 nitrogen and oxygen atoms in total. The van der Waals surface area contributed by atoms with Crippen LogP contribution in [-0.4, -0.2) is 18.1 Å². The number of anilines is 1. The second-order valence-corrected chi connectivity index (χ2v) is 5.68. The van der Waals surface area contributed by atoms with Gasteiger partial charge < -0.3 is 10.6 Å². The van der Waals surface area contributed by atoms with Gasteiger partial charge in [0.15, 0.2) is 0 Å². The third-order valence-electron chi connectivity index (χ3n) is 3.47. The second kappa shape index (κ2) is 6.19. The molecular weight excluding hydrogens is 222 g/mol. The largest absolute Gasteiger partial charge is 0.357 e. The predicted octanol–water partition coefficient (Wildman–Crippen LogP) is 3.03. The fraction of sp³-hybridized carbons (Fsp3) is 0.667. The van der Waals surface area contributed by atoms with E-state index >= 15 is 0 Å². The molecule has 1 aromatic rings. The predicted molar refractivity (Wildman–Crippen MR) is 78.9 cm³/mol. The van der Waals surface area contributed by atoms with Gasteiger partial charge in [-0.25, -0.2) is 4.98 Å². The normalized spacial score (nSPS) is 12.9. The molecule has 1 aromatic heterocycles. The van der Waals surface area contributed by atoms with E-state index in [1.54, 1.807) is 0 Å². The van der Waals surface area contributed by atoms with Gasteiger partial charge in [-0.2, -0.15) is 0 Å². The SMILES string of the molecule is Cc1cc(C)c(CN)c(N(C)C(C)CC(C)C)n1. The maximum absolute atomic E-state index is 5.87. The summed E-state index contributed by atoms with van der Waals surface area (Å²) in [4.78, 5) is 6.95. The van der Waals surface area contributed by atoms with Gasteiger partial charge in [0.25, 0.3) is 0 Å². The Balaban J connectivity index is 3.07. The number of hydrogen-bond acceptors (Lipinski definition) is 3. The standard InChI is InChI=1S/C15H27N3/c1-10(2)7-13(5)18(6)15-14(9-16)11(3)8-12(4)17-15/h8,10,13H,7,9,16H2,1-6H3. The van der Waals surface area contributed by atoms with E-state index in [2.05, 4.69) is 50.7 Å². The first-order valence-electron chi connectivity index (χ1n) is 6.76. The van der Waals surface area contributed by atoms with E-state index in [1.165, 1.54) is 11.1 Å². The van der Waals surface area contributed by atoms with Gasteiger partial charge in [0.05, 0.1) is 0 Å². The summed E-state index contributed by atoms with van der Waals surface area (Å²) in [5.41, 5.74) is 9.34. The Hall–Kier alpha value is -1.09. The minimum atomic E-state index is 0.476. The summed E-state index contributed by atoms with van der Waals surface area (Å²) in [6.45, 7) is 11.5. The Morgan fingerprint density at radius 1 is 1.28 bits per heavy atom. The summed E-state index contributed by atoms with van der Waals surface area (Å²) >= 11 is 0. The molecule has 0 saturated heterocycles. The van der Waals surface area contributed by atoms with Gasteiger partial charge in [0.1, 0.15) is 5.82 Å². The molecule has 0 aromatic carbocycles. The van der Waals surface area contributed by atoms with Gasteiger partial charge >= 0.3 is 0 Å². The Labute approximate surface area is 111 Å². The van der Waals surface area contributed by atoms with Crippen LogP contribution in [0.5, 0.6) is 0 Å². The van der Waals surface area contributed by atoms with Crippen LogP contribution < -0.4 is 10.6 Å². The third-order valence-corrected chi connectivity index (χ3v) is 3.47. The van der Waals surface area contributed by atoms with Gasteiger partial charge in [-0.05, 0) is 44.7 Å². The number of aromatic nitrogens is 1. The fourth-order valence-corrected chi connectivity index (χ4v) is 2.44. The Morgan fingerprint density at radius 2 is 1.89 bits per heavy atom. The molecule has 0 radical (unpaired) electrons. The van der Waals surface area contributed by atoms with Crippen LogP contribution in [0.2, 0.25) is 0 Å². The molecule has 1 atom stereocenters. The smallest absolute Gasteiger partial charge is 0.133 e. The molecule has 0 saturated carbocycles. The molecule has 1 rings (SSSR count). The molecule has 1 unspecified atom stereocenters. The van der Waals surface area contributed by atoms with Crippen LogP contribution in [-0.2, 0) is 6.54 Å². The Morgan fingerprint density at radius 3 is 2.39 bits per heavy atom. The van der Waals surface area contributed by atoms with Crippen molar-refractivity contribution in [1.29, 1.82) is 0 Å². The van der Waals surface area contributed by atoms with E-state index < -0.39 is 0 Å². The number of pyridine rings is 1. The van der Waals surface area contributed by atoms with Crippen molar-refractivity contribution in [1.82, 2.24) is 4.98 Å². The van der Waals surface area contributed by atoms with Crippen LogP contribution in [0.25, 0.3) is 0 Å². The van der Waals surface area contributed by atoms with Crippen molar-refractivity contribution in [2.45, 2.75) is 53.6 Å². The van der Waals surface area contributed by atoms with E-state index in [0.717, 1.165) is 17.9 Å². The average molecular weight is 249 g/mol. The fourth-order valence-electron chi connectivity index (χ4n) is 2.44. The zero-order valence-electron chi connectivity index (χ0n) is 12.6. The molecule has 0 amide bonds. The zero-order chi connectivity index (χ0) is 13.9. The highest BCUT2D eigenvalue weighted by Gasteiger charge is 2.17. The highest BCUT2D eigenvalue weighted by atomic mass is 15.2. The molecule has 0 bridgehead atoms. The molecule has 0 aliphatic rings. The molecule has 0 aliphatic carbocycles. The first-order chi connectivity index (χ1) is 8.36. The molecule has 18 heavy (non-hydrogen) atoms. The Kier molecular flexibility index (Phi) is 5.15. The summed E-state index contributed by atoms with van der Waals surface area (Å²) in [6, 6.07) is 2.58. The Bertz CT molecular complexity index is 399. The van der Waals surface area contributed by atoms with Crippen LogP contribution in [0.3, 0.4) is 0 Å². The molecule has 0 fully saturated rings. The number of rotatable bonds is 5. The summed E-state index contributed by atoms with van der Waals surface area (Å²) in [6.07, 6.45) is 1.16. The van der Waals surface area contributed by atoms with Crippen LogP contribution in [0.1, 0.15) is 44.0 Å². The van der Waals surface area contributed by atoms with E-state index in [0.29, 0.717) is 18.5 Å². The van der Waals surface area contributed by atoms with Crippen molar-refractivity contribution in [3.05, 3.63) is 22.9 Å². The average Bonchev–Trinajstić information content (AvgIpc) is 2.26. The van der Waals surface area contributed by atoms with E-state index in [-0.39, 0.29) is 0 Å². The third kappa shape index (κ3) is 3.45. The second-order valence-electron chi connectivity index (χ2n) is 5.68. The van der Waals surface area contributed by atoms with Crippen molar-refractivity contribution in [2.75, 3.05) is 11.9 Å². The van der Waals surface area contributed by atoms with Crippen LogP contribution in [0.15, 0.2) is 6.07 Å². The number of nitrogens with two attached hydrogens (primary N) is 1. The molecule has 3 heteroatoms. The topological polar surface area (TPSA) is 42.1 Å². The van der Waals surface area contributed by atoms with Gasteiger partial charge in [-0.15, -0.1) is 0 Å². The van der Waals surface area contributed by atoms with Gasteiger partial charge in [-0.3, -0.25) is 0 Å². The first-order valence-corrected chi connectivity index (χ1v) is 6.76. The van der Waals surface area contributed by atoms with Crippen molar-refractivity contribution in [3.8, 4) is 0 Å². The van der Waals surface area contributed by atoms with Crippen molar-refractivity contribution in [2.24, 2.45) is 11.7 Å². The molecular formula is C15H27N3. The lowest BCUT2D eigenvalue weighted by molar-refractivity contribution is 0.501. The lowest BCUT2D eigenvalue weighted by Gasteiger charge is -2.29. The monoisotopic (exact) mass is 249 g/mol. The van der Waals surface area contributed by atoms with Crippen LogP contribution in [0.4, 0.5) is 5.82 Å². The minimum absolute atomic E-state index is 0.476. The van der Waals surface area contributed by atoms with Crippen molar-refractivity contribution < 1.29 is 0 Å². The molecule has 0 spiro atoms. The lowest BCUT2D eigenvalue weighted by atomic mass is 10.0. The molecule has 2 N–H and O–H groups in total. The van der Waals surface area contributed by atoms with Crippen LogP contribution >= 0.6 is 0 Å². The van der Waals surface area contributed by atoms with Gasteiger partial charge in [-0.1, -0.05) is 13.8 Å². The molecule has 1 heterocycles. The van der Waals surface area contributed by atoms with Crippen molar-refractivity contribution in [3.63, 3.8) is 0 Å². The zero-order valence-corrected chi connectivity index (χ0v) is 12.6. The summed E-state index contributed by atoms with van der Waals surface area (Å²) in [7, 11) is 2.12. The summed E-state index contributed by atoms with van der Waals surface area (Å²) < 4.78 is 0. The maximum Gasteiger partial charge on any atom is 0.133 e. The summed E-state index contributed by atoms with van der Waals surface area (Å²) in [5, 5.41) is 0. The quantitative estimate of drug-likeness (QED) is 0.872. The number of hydrogen-bond donors (Lipinski definition) is 1. The number of nitrogens with zero attached hydrogens (tertiary/aromatic N) is 2. The number of aryl methyl sites for hydroxylation is 2. The maximum atomic E-state index is 5.87.